The summed E-state index contributed by atoms with van der Waals surface area (Å²) in [5.41, 5.74) is 0.879. The zero-order chi connectivity index (χ0) is 14.5. The molecule has 0 aliphatic rings. The van der Waals surface area contributed by atoms with Crippen LogP contribution in [0.3, 0.4) is 0 Å². The van der Waals surface area contributed by atoms with Crippen LogP contribution >= 0.6 is 15.9 Å². The molecular weight excluding hydrogens is 323 g/mol. The Morgan fingerprint density at radius 1 is 1.20 bits per heavy atom. The van der Waals surface area contributed by atoms with E-state index in [2.05, 4.69) is 15.9 Å². The van der Waals surface area contributed by atoms with Crippen LogP contribution in [0.4, 0.5) is 4.39 Å². The molecule has 0 saturated heterocycles. The molecule has 0 heterocycles. The molecule has 2 aromatic carbocycles. The number of rotatable bonds is 4. The quantitative estimate of drug-likeness (QED) is 0.737. The van der Waals surface area contributed by atoms with Gasteiger partial charge in [-0.25, -0.2) is 4.39 Å². The molecule has 0 amide bonds. The fourth-order valence-corrected chi connectivity index (χ4v) is 1.88. The Kier molecular flexibility index (Phi) is 4.69. The molecule has 0 saturated carbocycles. The van der Waals surface area contributed by atoms with Gasteiger partial charge in [-0.3, -0.25) is 4.79 Å². The molecule has 2 rings (SSSR count). The van der Waals surface area contributed by atoms with Crippen LogP contribution in [-0.2, 0) is 4.79 Å². The molecule has 0 bridgehead atoms. The molecule has 0 spiro atoms. The van der Waals surface area contributed by atoms with Crippen molar-refractivity contribution in [2.75, 3.05) is 0 Å². The lowest BCUT2D eigenvalue weighted by Gasteiger charge is -2.07. The van der Waals surface area contributed by atoms with Crippen molar-refractivity contribution in [3.8, 4) is 11.5 Å². The maximum atomic E-state index is 13.6. The molecule has 0 aliphatic carbocycles. The van der Waals surface area contributed by atoms with Crippen molar-refractivity contribution in [2.24, 2.45) is 0 Å². The van der Waals surface area contributed by atoms with Gasteiger partial charge in [-0.2, -0.15) is 0 Å². The second kappa shape index (κ2) is 6.48. The lowest BCUT2D eigenvalue weighted by atomic mass is 10.2. The van der Waals surface area contributed by atoms with E-state index >= 15 is 0 Å². The third-order valence-corrected chi connectivity index (χ3v) is 3.01. The van der Waals surface area contributed by atoms with Crippen molar-refractivity contribution in [2.45, 2.75) is 6.92 Å². The maximum Gasteiger partial charge on any atom is 0.166 e. The lowest BCUT2D eigenvalue weighted by molar-refractivity contribution is -0.112. The van der Waals surface area contributed by atoms with Gasteiger partial charge in [0.05, 0.1) is 0 Å². The topological polar surface area (TPSA) is 26.3 Å². The van der Waals surface area contributed by atoms with Gasteiger partial charge in [-0.1, -0.05) is 34.1 Å². The summed E-state index contributed by atoms with van der Waals surface area (Å²) >= 11 is 3.19. The highest BCUT2D eigenvalue weighted by Gasteiger charge is 2.05. The molecule has 0 aliphatic heterocycles. The molecule has 102 valence electrons. The number of benzene rings is 2. The largest absolute Gasteiger partial charge is 0.454 e. The van der Waals surface area contributed by atoms with E-state index in [0.717, 1.165) is 5.56 Å². The fraction of sp³-hybridized carbons (Fsp3) is 0.0625. The van der Waals surface area contributed by atoms with E-state index < -0.39 is 5.82 Å². The van der Waals surface area contributed by atoms with Gasteiger partial charge in [0.1, 0.15) is 5.75 Å². The number of ether oxygens (including phenoxy) is 1. The van der Waals surface area contributed by atoms with Gasteiger partial charge in [-0.05, 0) is 48.9 Å². The van der Waals surface area contributed by atoms with Crippen molar-refractivity contribution in [3.05, 3.63) is 64.4 Å². The van der Waals surface area contributed by atoms with Crippen LogP contribution in [0.2, 0.25) is 0 Å². The Balaban J connectivity index is 2.12. The molecule has 2 nitrogen and oxygen atoms in total. The number of carbonyl (C=O) groups excluding carboxylic acids is 1. The molecule has 0 N–H and O–H groups in total. The van der Waals surface area contributed by atoms with Crippen LogP contribution in [0.1, 0.15) is 12.5 Å². The Morgan fingerprint density at radius 2 is 1.90 bits per heavy atom. The number of ketones is 1. The van der Waals surface area contributed by atoms with E-state index in [1.54, 1.807) is 42.5 Å². The van der Waals surface area contributed by atoms with Gasteiger partial charge in [0, 0.05) is 4.47 Å². The summed E-state index contributed by atoms with van der Waals surface area (Å²) in [7, 11) is 0. The third-order valence-electron chi connectivity index (χ3n) is 2.51. The molecule has 0 fully saturated rings. The van der Waals surface area contributed by atoms with Crippen LogP contribution in [-0.4, -0.2) is 5.78 Å². The van der Waals surface area contributed by atoms with E-state index in [0.29, 0.717) is 10.2 Å². The SMILES string of the molecule is CC(=O)C=Cc1ccc(Oc2ccc(Br)cc2F)cc1. The second-order valence-corrected chi connectivity index (χ2v) is 5.11. The Bertz CT molecular complexity index is 648. The second-order valence-electron chi connectivity index (χ2n) is 4.19. The molecular formula is C16H12BrFO2. The standard InChI is InChI=1S/C16H12BrFO2/c1-11(19)2-3-12-4-7-14(8-5-12)20-16-9-6-13(17)10-15(16)18/h2-10H,1H3. The normalized spacial score (nSPS) is 10.8. The van der Waals surface area contributed by atoms with Gasteiger partial charge >= 0.3 is 0 Å². The summed E-state index contributed by atoms with van der Waals surface area (Å²) < 4.78 is 19.7. The first-order chi connectivity index (χ1) is 9.54. The van der Waals surface area contributed by atoms with E-state index in [1.165, 1.54) is 19.1 Å². The summed E-state index contributed by atoms with van der Waals surface area (Å²) in [6.45, 7) is 1.49. The van der Waals surface area contributed by atoms with Crippen LogP contribution in [0, 0.1) is 5.82 Å². The molecule has 0 aromatic heterocycles. The average Bonchev–Trinajstić information content (AvgIpc) is 2.41. The van der Waals surface area contributed by atoms with Crippen LogP contribution < -0.4 is 4.74 Å². The molecule has 2 aromatic rings. The number of carbonyl (C=O) groups is 1. The van der Waals surface area contributed by atoms with E-state index in [1.807, 2.05) is 0 Å². The van der Waals surface area contributed by atoms with E-state index in [9.17, 15) is 9.18 Å². The average molecular weight is 335 g/mol. The fourth-order valence-electron chi connectivity index (χ4n) is 1.55. The third kappa shape index (κ3) is 4.03. The minimum Gasteiger partial charge on any atom is -0.454 e. The minimum atomic E-state index is -0.431. The summed E-state index contributed by atoms with van der Waals surface area (Å²) in [6.07, 6.45) is 3.20. The van der Waals surface area contributed by atoms with E-state index in [4.69, 9.17) is 4.74 Å². The predicted molar refractivity (Wildman–Crippen MR) is 80.3 cm³/mol. The minimum absolute atomic E-state index is 0.0118. The smallest absolute Gasteiger partial charge is 0.166 e. The summed E-state index contributed by atoms with van der Waals surface area (Å²) in [6, 6.07) is 11.7. The Labute approximate surface area is 125 Å². The zero-order valence-electron chi connectivity index (χ0n) is 10.8. The lowest BCUT2D eigenvalue weighted by Crippen LogP contribution is -1.88. The number of hydrogen-bond donors (Lipinski definition) is 0. The first-order valence-corrected chi connectivity index (χ1v) is 6.75. The van der Waals surface area contributed by atoms with Gasteiger partial charge < -0.3 is 4.74 Å². The van der Waals surface area contributed by atoms with Crippen molar-refractivity contribution < 1.29 is 13.9 Å². The van der Waals surface area contributed by atoms with Crippen molar-refractivity contribution in [3.63, 3.8) is 0 Å². The molecule has 0 radical (unpaired) electrons. The molecule has 0 atom stereocenters. The molecule has 0 unspecified atom stereocenters. The Hall–Kier alpha value is -1.94. The van der Waals surface area contributed by atoms with Gasteiger partial charge in [0.15, 0.2) is 17.3 Å². The first kappa shape index (κ1) is 14.5. The number of hydrogen-bond acceptors (Lipinski definition) is 2. The highest BCUT2D eigenvalue weighted by atomic mass is 79.9. The maximum absolute atomic E-state index is 13.6. The van der Waals surface area contributed by atoms with Crippen LogP contribution in [0.25, 0.3) is 6.08 Å². The van der Waals surface area contributed by atoms with Crippen molar-refractivity contribution in [1.29, 1.82) is 0 Å². The zero-order valence-corrected chi connectivity index (χ0v) is 12.4. The highest BCUT2D eigenvalue weighted by molar-refractivity contribution is 9.10. The summed E-state index contributed by atoms with van der Waals surface area (Å²) in [4.78, 5) is 10.8. The van der Waals surface area contributed by atoms with Crippen LogP contribution in [0.15, 0.2) is 53.0 Å². The van der Waals surface area contributed by atoms with Gasteiger partial charge in [0.2, 0.25) is 0 Å². The highest BCUT2D eigenvalue weighted by Crippen LogP contribution is 2.27. The summed E-state index contributed by atoms with van der Waals surface area (Å²) in [5, 5.41) is 0. The molecule has 4 heteroatoms. The molecule has 20 heavy (non-hydrogen) atoms. The number of halogens is 2. The van der Waals surface area contributed by atoms with Crippen molar-refractivity contribution >= 4 is 27.8 Å². The first-order valence-electron chi connectivity index (χ1n) is 5.96. The van der Waals surface area contributed by atoms with Crippen molar-refractivity contribution in [1.82, 2.24) is 0 Å². The van der Waals surface area contributed by atoms with E-state index in [-0.39, 0.29) is 11.5 Å². The van der Waals surface area contributed by atoms with Crippen LogP contribution in [0.5, 0.6) is 11.5 Å². The van der Waals surface area contributed by atoms with Gasteiger partial charge in [0.25, 0.3) is 0 Å². The number of allylic oxidation sites excluding steroid dienone is 1. The Morgan fingerprint density at radius 3 is 2.50 bits per heavy atom. The van der Waals surface area contributed by atoms with Gasteiger partial charge in [-0.15, -0.1) is 0 Å². The monoisotopic (exact) mass is 334 g/mol. The predicted octanol–water partition coefficient (Wildman–Crippen LogP) is 4.98. The summed E-state index contributed by atoms with van der Waals surface area (Å²) in [5.74, 6) is 0.258.